The van der Waals surface area contributed by atoms with Crippen molar-refractivity contribution in [3.8, 4) is 0 Å². The van der Waals surface area contributed by atoms with Gasteiger partial charge in [0.05, 0.1) is 5.69 Å². The summed E-state index contributed by atoms with van der Waals surface area (Å²) >= 11 is 0. The molecule has 1 fully saturated rings. The van der Waals surface area contributed by atoms with Crippen LogP contribution in [0.5, 0.6) is 0 Å². The molecule has 0 spiro atoms. The Hall–Kier alpha value is -1.55. The molecule has 0 saturated carbocycles. The van der Waals surface area contributed by atoms with E-state index in [9.17, 15) is 4.79 Å². The quantitative estimate of drug-likeness (QED) is 0.794. The first-order valence-electron chi connectivity index (χ1n) is 5.60. The Morgan fingerprint density at radius 3 is 2.88 bits per heavy atom. The molecule has 1 unspecified atom stereocenters. The molecule has 0 bridgehead atoms. The number of nitrogens with one attached hydrogen (secondary N) is 1. The molecule has 16 heavy (non-hydrogen) atoms. The Bertz CT molecular complexity index is 390. The van der Waals surface area contributed by atoms with Gasteiger partial charge in [-0.2, -0.15) is 0 Å². The van der Waals surface area contributed by atoms with Crippen LogP contribution in [0.1, 0.15) is 24.9 Å². The van der Waals surface area contributed by atoms with E-state index in [0.29, 0.717) is 0 Å². The maximum Gasteiger partial charge on any atom is 0.321 e. The van der Waals surface area contributed by atoms with E-state index in [2.05, 4.69) is 5.32 Å². The van der Waals surface area contributed by atoms with Crippen molar-refractivity contribution in [2.45, 2.75) is 19.4 Å². The van der Waals surface area contributed by atoms with Crippen molar-refractivity contribution in [1.29, 1.82) is 0 Å². The van der Waals surface area contributed by atoms with Crippen LogP contribution in [0, 0.1) is 0 Å². The van der Waals surface area contributed by atoms with Gasteiger partial charge in [-0.3, -0.25) is 4.90 Å². The molecule has 2 amide bonds. The Balaban J connectivity index is 2.34. The van der Waals surface area contributed by atoms with Gasteiger partial charge in [0.2, 0.25) is 0 Å². The summed E-state index contributed by atoms with van der Waals surface area (Å²) in [4.78, 5) is 13.5. The number of nitrogens with two attached hydrogens (primary N) is 1. The lowest BCUT2D eigenvalue weighted by molar-refractivity contribution is 0.243. The van der Waals surface area contributed by atoms with E-state index in [1.54, 1.807) is 4.90 Å². The fourth-order valence-electron chi connectivity index (χ4n) is 1.98. The Morgan fingerprint density at radius 2 is 2.19 bits per heavy atom. The van der Waals surface area contributed by atoms with Gasteiger partial charge in [0.1, 0.15) is 0 Å². The largest absolute Gasteiger partial charge is 0.338 e. The van der Waals surface area contributed by atoms with Crippen molar-refractivity contribution in [3.63, 3.8) is 0 Å². The van der Waals surface area contributed by atoms with Crippen LogP contribution in [0.15, 0.2) is 24.3 Å². The monoisotopic (exact) mass is 219 g/mol. The van der Waals surface area contributed by atoms with Gasteiger partial charge in [0, 0.05) is 19.1 Å². The van der Waals surface area contributed by atoms with E-state index in [0.717, 1.165) is 30.8 Å². The molecule has 0 aromatic heterocycles. The van der Waals surface area contributed by atoms with Crippen LogP contribution in [-0.2, 0) is 0 Å². The zero-order valence-electron chi connectivity index (χ0n) is 9.44. The van der Waals surface area contributed by atoms with Crippen LogP contribution >= 0.6 is 0 Å². The van der Waals surface area contributed by atoms with Gasteiger partial charge in [-0.1, -0.05) is 18.2 Å². The number of anilines is 1. The summed E-state index contributed by atoms with van der Waals surface area (Å²) in [6.45, 7) is 3.45. The summed E-state index contributed by atoms with van der Waals surface area (Å²) in [7, 11) is 0. The number of benzene rings is 1. The van der Waals surface area contributed by atoms with Crippen LogP contribution in [0.4, 0.5) is 10.5 Å². The smallest absolute Gasteiger partial charge is 0.321 e. The molecule has 86 valence electrons. The fraction of sp³-hybridized carbons (Fsp3) is 0.417. The molecular weight excluding hydrogens is 202 g/mol. The molecule has 4 nitrogen and oxygen atoms in total. The van der Waals surface area contributed by atoms with Gasteiger partial charge in [-0.15, -0.1) is 0 Å². The minimum absolute atomic E-state index is 0.0284. The Morgan fingerprint density at radius 1 is 1.44 bits per heavy atom. The van der Waals surface area contributed by atoms with Crippen LogP contribution in [0.3, 0.4) is 0 Å². The Labute approximate surface area is 95.4 Å². The SMILES string of the molecule is CC(N)c1ccccc1N1CCCNC1=O. The number of hydrogen-bond donors (Lipinski definition) is 2. The highest BCUT2D eigenvalue weighted by molar-refractivity contribution is 5.93. The molecule has 1 atom stereocenters. The van der Waals surface area contributed by atoms with E-state index >= 15 is 0 Å². The van der Waals surface area contributed by atoms with Crippen molar-refractivity contribution in [2.75, 3.05) is 18.0 Å². The highest BCUT2D eigenvalue weighted by Crippen LogP contribution is 2.25. The number of carbonyl (C=O) groups excluding carboxylic acids is 1. The van der Waals surface area contributed by atoms with Gasteiger partial charge in [-0.05, 0) is 25.0 Å². The zero-order valence-corrected chi connectivity index (χ0v) is 9.44. The molecule has 2 rings (SSSR count). The highest BCUT2D eigenvalue weighted by Gasteiger charge is 2.21. The number of rotatable bonds is 2. The predicted molar refractivity (Wildman–Crippen MR) is 64.4 cm³/mol. The van der Waals surface area contributed by atoms with E-state index in [1.807, 2.05) is 31.2 Å². The average molecular weight is 219 g/mol. The van der Waals surface area contributed by atoms with Crippen LogP contribution in [0.2, 0.25) is 0 Å². The molecule has 1 aromatic carbocycles. The number of nitrogens with zero attached hydrogens (tertiary/aromatic N) is 1. The number of hydrogen-bond acceptors (Lipinski definition) is 2. The van der Waals surface area contributed by atoms with Crippen molar-refractivity contribution >= 4 is 11.7 Å². The van der Waals surface area contributed by atoms with Crippen molar-refractivity contribution in [3.05, 3.63) is 29.8 Å². The average Bonchev–Trinajstić information content (AvgIpc) is 2.29. The first-order valence-corrected chi connectivity index (χ1v) is 5.60. The number of urea groups is 1. The molecule has 0 aliphatic carbocycles. The second-order valence-corrected chi connectivity index (χ2v) is 4.08. The molecule has 3 N–H and O–H groups in total. The Kier molecular flexibility index (Phi) is 3.10. The van der Waals surface area contributed by atoms with E-state index in [-0.39, 0.29) is 12.1 Å². The minimum atomic E-state index is -0.0640. The van der Waals surface area contributed by atoms with Gasteiger partial charge >= 0.3 is 6.03 Å². The third-order valence-corrected chi connectivity index (χ3v) is 2.80. The lowest BCUT2D eigenvalue weighted by Crippen LogP contribution is -2.47. The molecular formula is C12H17N3O. The second kappa shape index (κ2) is 4.53. The maximum atomic E-state index is 11.7. The normalized spacial score (nSPS) is 18.1. The molecule has 4 heteroatoms. The van der Waals surface area contributed by atoms with E-state index < -0.39 is 0 Å². The maximum absolute atomic E-state index is 11.7. The van der Waals surface area contributed by atoms with Crippen LogP contribution in [0.25, 0.3) is 0 Å². The molecule has 1 saturated heterocycles. The van der Waals surface area contributed by atoms with Gasteiger partial charge in [0.15, 0.2) is 0 Å². The van der Waals surface area contributed by atoms with Crippen molar-refractivity contribution in [2.24, 2.45) is 5.73 Å². The number of carbonyl (C=O) groups is 1. The lowest BCUT2D eigenvalue weighted by Gasteiger charge is -2.30. The molecule has 0 radical (unpaired) electrons. The minimum Gasteiger partial charge on any atom is -0.338 e. The molecule has 1 aromatic rings. The summed E-state index contributed by atoms with van der Waals surface area (Å²) in [5.41, 5.74) is 7.85. The van der Waals surface area contributed by atoms with Crippen LogP contribution in [-0.4, -0.2) is 19.1 Å². The van der Waals surface area contributed by atoms with E-state index in [4.69, 9.17) is 5.73 Å². The fourth-order valence-corrected chi connectivity index (χ4v) is 1.98. The summed E-state index contributed by atoms with van der Waals surface area (Å²) in [6, 6.07) is 7.71. The third-order valence-electron chi connectivity index (χ3n) is 2.80. The lowest BCUT2D eigenvalue weighted by atomic mass is 10.1. The zero-order chi connectivity index (χ0) is 11.5. The number of amides is 2. The first-order chi connectivity index (χ1) is 7.70. The second-order valence-electron chi connectivity index (χ2n) is 4.08. The van der Waals surface area contributed by atoms with E-state index in [1.165, 1.54) is 0 Å². The van der Waals surface area contributed by atoms with Gasteiger partial charge in [-0.25, -0.2) is 4.79 Å². The summed E-state index contributed by atoms with van der Waals surface area (Å²) in [5, 5.41) is 2.84. The topological polar surface area (TPSA) is 58.4 Å². The third kappa shape index (κ3) is 2.02. The summed E-state index contributed by atoms with van der Waals surface area (Å²) < 4.78 is 0. The molecule has 1 heterocycles. The predicted octanol–water partition coefficient (Wildman–Crippen LogP) is 1.63. The summed E-state index contributed by atoms with van der Waals surface area (Å²) in [6.07, 6.45) is 0.971. The van der Waals surface area contributed by atoms with Gasteiger partial charge in [0.25, 0.3) is 0 Å². The van der Waals surface area contributed by atoms with Crippen molar-refractivity contribution < 1.29 is 4.79 Å². The van der Waals surface area contributed by atoms with Crippen LogP contribution < -0.4 is 16.0 Å². The van der Waals surface area contributed by atoms with Crippen molar-refractivity contribution in [1.82, 2.24) is 5.32 Å². The standard InChI is InChI=1S/C12H17N3O/c1-9(13)10-5-2-3-6-11(10)15-8-4-7-14-12(15)16/h2-3,5-6,9H,4,7-8,13H2,1H3,(H,14,16). The number of para-hydroxylation sites is 1. The molecule has 1 aliphatic heterocycles. The highest BCUT2D eigenvalue weighted by atomic mass is 16.2. The molecule has 1 aliphatic rings. The summed E-state index contributed by atoms with van der Waals surface area (Å²) in [5.74, 6) is 0. The van der Waals surface area contributed by atoms with Gasteiger partial charge < -0.3 is 11.1 Å². The first kappa shape index (κ1) is 11.0.